The molecule has 3 amide bonds. The number of hydrogen-bond donors (Lipinski definition) is 3. The lowest BCUT2D eigenvalue weighted by Crippen LogP contribution is -2.30. The Morgan fingerprint density at radius 1 is 0.625 bits per heavy atom. The molecule has 0 saturated carbocycles. The molecule has 0 aliphatic carbocycles. The Balaban J connectivity index is 1.22. The molecule has 0 aliphatic rings. The quantitative estimate of drug-likeness (QED) is 0.100. The van der Waals surface area contributed by atoms with E-state index in [-0.39, 0.29) is 11.6 Å². The van der Waals surface area contributed by atoms with Crippen LogP contribution in [0.2, 0.25) is 5.02 Å². The smallest absolute Gasteiger partial charge is 0.272 e. The molecule has 1 atom stereocenters. The SMILES string of the molecule is O=C(Nc1ccc(SC(C(=O)Nc2ccc(Cl)cc2)c2ccccc2)cc1)/C(=C/c1cccc2ccccc12)NC(=O)c1ccccc1. The van der Waals surface area contributed by atoms with Gasteiger partial charge in [0, 0.05) is 26.9 Å². The van der Waals surface area contributed by atoms with Crippen LogP contribution in [-0.2, 0) is 9.59 Å². The molecule has 6 aromatic carbocycles. The fourth-order valence-electron chi connectivity index (χ4n) is 5.07. The molecule has 6 nitrogen and oxygen atoms in total. The summed E-state index contributed by atoms with van der Waals surface area (Å²) in [5.41, 5.74) is 3.36. The Morgan fingerprint density at radius 2 is 1.23 bits per heavy atom. The number of nitrogens with one attached hydrogen (secondary N) is 3. The Kier molecular flexibility index (Phi) is 10.3. The van der Waals surface area contributed by atoms with Gasteiger partial charge in [-0.15, -0.1) is 11.8 Å². The summed E-state index contributed by atoms with van der Waals surface area (Å²) in [5.74, 6) is -1.05. The highest BCUT2D eigenvalue weighted by atomic mass is 35.5. The number of hydrogen-bond acceptors (Lipinski definition) is 4. The van der Waals surface area contributed by atoms with Crippen molar-refractivity contribution in [1.29, 1.82) is 0 Å². The van der Waals surface area contributed by atoms with Crippen LogP contribution >= 0.6 is 23.4 Å². The number of fused-ring (bicyclic) bond motifs is 1. The van der Waals surface area contributed by atoms with Crippen LogP contribution in [0.3, 0.4) is 0 Å². The molecule has 236 valence electrons. The molecule has 0 aliphatic heterocycles. The number of amides is 3. The number of carbonyl (C=O) groups is 3. The maximum atomic E-state index is 13.7. The van der Waals surface area contributed by atoms with Gasteiger partial charge >= 0.3 is 0 Å². The van der Waals surface area contributed by atoms with Gasteiger partial charge in [0.15, 0.2) is 0 Å². The molecule has 0 bridgehead atoms. The molecule has 3 N–H and O–H groups in total. The molecule has 0 fully saturated rings. The van der Waals surface area contributed by atoms with Crippen molar-refractivity contribution in [3.05, 3.63) is 179 Å². The molecule has 0 heterocycles. The van der Waals surface area contributed by atoms with Crippen LogP contribution in [0.5, 0.6) is 0 Å². The lowest BCUT2D eigenvalue weighted by atomic mass is 10.0. The van der Waals surface area contributed by atoms with Crippen molar-refractivity contribution in [2.45, 2.75) is 10.1 Å². The molecule has 0 saturated heterocycles. The van der Waals surface area contributed by atoms with Crippen LogP contribution in [0.25, 0.3) is 16.8 Å². The lowest BCUT2D eigenvalue weighted by molar-refractivity contribution is -0.116. The van der Waals surface area contributed by atoms with Gasteiger partial charge < -0.3 is 16.0 Å². The average Bonchev–Trinajstić information content (AvgIpc) is 3.12. The molecule has 0 spiro atoms. The fraction of sp³-hybridized carbons (Fsp3) is 0.0250. The Labute approximate surface area is 287 Å². The van der Waals surface area contributed by atoms with Crippen LogP contribution < -0.4 is 16.0 Å². The van der Waals surface area contributed by atoms with Crippen molar-refractivity contribution in [3.8, 4) is 0 Å². The molecule has 48 heavy (non-hydrogen) atoms. The van der Waals surface area contributed by atoms with Crippen molar-refractivity contribution in [1.82, 2.24) is 5.32 Å². The average molecular weight is 668 g/mol. The first-order valence-electron chi connectivity index (χ1n) is 15.2. The normalized spacial score (nSPS) is 11.8. The summed E-state index contributed by atoms with van der Waals surface area (Å²) >= 11 is 7.41. The number of rotatable bonds is 10. The molecule has 0 aromatic heterocycles. The summed E-state index contributed by atoms with van der Waals surface area (Å²) in [6.07, 6.45) is 1.69. The Morgan fingerprint density at radius 3 is 1.96 bits per heavy atom. The minimum absolute atomic E-state index is 0.0988. The molecular formula is C40H30ClN3O3S. The second-order valence-electron chi connectivity index (χ2n) is 10.8. The van der Waals surface area contributed by atoms with E-state index in [0.29, 0.717) is 22.0 Å². The monoisotopic (exact) mass is 667 g/mol. The lowest BCUT2D eigenvalue weighted by Gasteiger charge is -2.17. The third-order valence-corrected chi connectivity index (χ3v) is 8.99. The van der Waals surface area contributed by atoms with E-state index in [2.05, 4.69) is 16.0 Å². The maximum Gasteiger partial charge on any atom is 0.272 e. The second-order valence-corrected chi connectivity index (χ2v) is 12.4. The standard InChI is InChI=1S/C40H30ClN3O3S/c41-31-18-20-32(21-19-31)43-40(47)37(28-11-3-1-4-12-28)48-34-24-22-33(23-25-34)42-39(46)36(44-38(45)29-13-5-2-6-14-29)26-30-16-9-15-27-10-7-8-17-35(27)30/h1-26,37H,(H,42,46)(H,43,47)(H,44,45)/b36-26-. The van der Waals surface area contributed by atoms with Gasteiger partial charge in [-0.05, 0) is 88.6 Å². The van der Waals surface area contributed by atoms with E-state index in [0.717, 1.165) is 26.8 Å². The van der Waals surface area contributed by atoms with E-state index in [1.54, 1.807) is 66.7 Å². The predicted molar refractivity (Wildman–Crippen MR) is 196 cm³/mol. The molecule has 6 rings (SSSR count). The maximum absolute atomic E-state index is 13.7. The first kappa shape index (κ1) is 32.3. The highest BCUT2D eigenvalue weighted by Crippen LogP contribution is 2.37. The van der Waals surface area contributed by atoms with Gasteiger partial charge in [0.05, 0.1) is 0 Å². The van der Waals surface area contributed by atoms with Crippen molar-refractivity contribution in [3.63, 3.8) is 0 Å². The topological polar surface area (TPSA) is 87.3 Å². The summed E-state index contributed by atoms with van der Waals surface area (Å²) in [6, 6.07) is 46.2. The minimum Gasteiger partial charge on any atom is -0.325 e. The Bertz CT molecular complexity index is 2080. The van der Waals surface area contributed by atoms with Gasteiger partial charge in [0.1, 0.15) is 10.9 Å². The summed E-state index contributed by atoms with van der Waals surface area (Å²) in [5, 5.41) is 10.7. The zero-order valence-electron chi connectivity index (χ0n) is 25.6. The number of halogens is 1. The first-order chi connectivity index (χ1) is 23.4. The van der Waals surface area contributed by atoms with Crippen molar-refractivity contribution in [2.24, 2.45) is 0 Å². The van der Waals surface area contributed by atoms with E-state index < -0.39 is 17.1 Å². The molecule has 0 radical (unpaired) electrons. The van der Waals surface area contributed by atoms with E-state index in [1.807, 2.05) is 91.0 Å². The Hall–Kier alpha value is -5.63. The fourth-order valence-corrected chi connectivity index (χ4v) is 6.22. The molecular weight excluding hydrogens is 638 g/mol. The van der Waals surface area contributed by atoms with Crippen LogP contribution in [0.1, 0.15) is 26.7 Å². The summed E-state index contributed by atoms with van der Waals surface area (Å²) < 4.78 is 0. The van der Waals surface area contributed by atoms with Gasteiger partial charge in [0.25, 0.3) is 11.8 Å². The van der Waals surface area contributed by atoms with E-state index in [1.165, 1.54) is 11.8 Å². The van der Waals surface area contributed by atoms with E-state index >= 15 is 0 Å². The van der Waals surface area contributed by atoms with E-state index in [4.69, 9.17) is 11.6 Å². The second kappa shape index (κ2) is 15.3. The zero-order chi connectivity index (χ0) is 33.3. The van der Waals surface area contributed by atoms with Gasteiger partial charge in [-0.1, -0.05) is 103 Å². The third kappa shape index (κ3) is 8.20. The first-order valence-corrected chi connectivity index (χ1v) is 16.4. The molecule has 6 aromatic rings. The molecule has 1 unspecified atom stereocenters. The summed E-state index contributed by atoms with van der Waals surface area (Å²) in [7, 11) is 0. The van der Waals surface area contributed by atoms with Crippen LogP contribution in [0.4, 0.5) is 11.4 Å². The minimum atomic E-state index is -0.536. The number of carbonyl (C=O) groups excluding carboxylic acids is 3. The van der Waals surface area contributed by atoms with Crippen LogP contribution in [0.15, 0.2) is 162 Å². The zero-order valence-corrected chi connectivity index (χ0v) is 27.2. The van der Waals surface area contributed by atoms with E-state index in [9.17, 15) is 14.4 Å². The van der Waals surface area contributed by atoms with Gasteiger partial charge in [-0.25, -0.2) is 0 Å². The van der Waals surface area contributed by atoms with Crippen molar-refractivity contribution >= 4 is 69.3 Å². The van der Waals surface area contributed by atoms with Gasteiger partial charge in [-0.2, -0.15) is 0 Å². The third-order valence-electron chi connectivity index (χ3n) is 7.47. The van der Waals surface area contributed by atoms with Gasteiger partial charge in [-0.3, -0.25) is 14.4 Å². The summed E-state index contributed by atoms with van der Waals surface area (Å²) in [4.78, 5) is 41.1. The number of benzene rings is 6. The highest BCUT2D eigenvalue weighted by molar-refractivity contribution is 8.00. The van der Waals surface area contributed by atoms with Crippen molar-refractivity contribution < 1.29 is 14.4 Å². The number of anilines is 2. The van der Waals surface area contributed by atoms with Crippen LogP contribution in [0, 0.1) is 0 Å². The van der Waals surface area contributed by atoms with Gasteiger partial charge in [0.2, 0.25) is 5.91 Å². The predicted octanol–water partition coefficient (Wildman–Crippen LogP) is 9.37. The van der Waals surface area contributed by atoms with Crippen LogP contribution in [-0.4, -0.2) is 17.7 Å². The summed E-state index contributed by atoms with van der Waals surface area (Å²) in [6.45, 7) is 0. The number of thioether (sulfide) groups is 1. The molecule has 8 heteroatoms. The largest absolute Gasteiger partial charge is 0.325 e. The highest BCUT2D eigenvalue weighted by Gasteiger charge is 2.23. The van der Waals surface area contributed by atoms with Crippen molar-refractivity contribution in [2.75, 3.05) is 10.6 Å².